The van der Waals surface area contributed by atoms with Gasteiger partial charge >= 0.3 is 11.9 Å². The van der Waals surface area contributed by atoms with Crippen LogP contribution in [0, 0.1) is 39.8 Å². The Bertz CT molecular complexity index is 1380. The number of methoxy groups -OCH3 is 1. The highest BCUT2D eigenvalue weighted by atomic mass is 32.2. The fourth-order valence-electron chi connectivity index (χ4n) is 8.83. The fourth-order valence-corrected chi connectivity index (χ4v) is 9.80. The molecule has 0 aliphatic heterocycles. The maximum Gasteiger partial charge on any atom is 0.316 e. The van der Waals surface area contributed by atoms with Gasteiger partial charge in [-0.2, -0.15) is 0 Å². The molecule has 0 heterocycles. The quantitative estimate of drug-likeness (QED) is 0.222. The van der Waals surface area contributed by atoms with Gasteiger partial charge < -0.3 is 20.0 Å². The lowest BCUT2D eigenvalue weighted by molar-refractivity contribution is -0.513. The zero-order chi connectivity index (χ0) is 31.2. The summed E-state index contributed by atoms with van der Waals surface area (Å²) in [6.07, 6.45) is 6.46. The van der Waals surface area contributed by atoms with Gasteiger partial charge in [0.25, 0.3) is 0 Å². The highest BCUT2D eigenvalue weighted by molar-refractivity contribution is 8.14. The second kappa shape index (κ2) is 11.9. The fraction of sp³-hybridized carbons (Fsp3) is 0.576. The molecule has 10 heteroatoms. The van der Waals surface area contributed by atoms with E-state index in [0.717, 1.165) is 41.6 Å². The van der Waals surface area contributed by atoms with Crippen molar-refractivity contribution in [2.75, 3.05) is 12.9 Å². The maximum absolute atomic E-state index is 13.9. The predicted molar refractivity (Wildman–Crippen MR) is 161 cm³/mol. The van der Waals surface area contributed by atoms with Crippen LogP contribution in [0.2, 0.25) is 0 Å². The number of rotatable bonds is 8. The van der Waals surface area contributed by atoms with Crippen molar-refractivity contribution >= 4 is 40.7 Å². The lowest BCUT2D eigenvalue weighted by atomic mass is 9.45. The van der Waals surface area contributed by atoms with Crippen LogP contribution in [0.4, 0.5) is 10.1 Å². The van der Waals surface area contributed by atoms with Crippen molar-refractivity contribution in [2.24, 2.45) is 28.6 Å². The van der Waals surface area contributed by atoms with Crippen molar-refractivity contribution in [3.8, 4) is 0 Å². The molecule has 2 unspecified atom stereocenters. The van der Waals surface area contributed by atoms with Crippen LogP contribution in [-0.2, 0) is 23.9 Å². The van der Waals surface area contributed by atoms with Gasteiger partial charge in [0.15, 0.2) is 5.60 Å². The van der Waals surface area contributed by atoms with Crippen LogP contribution in [-0.4, -0.2) is 52.9 Å². The van der Waals surface area contributed by atoms with E-state index in [1.807, 2.05) is 12.2 Å². The summed E-state index contributed by atoms with van der Waals surface area (Å²) in [5.74, 6) is -1.43. The van der Waals surface area contributed by atoms with Crippen LogP contribution in [0.5, 0.6) is 0 Å². The smallest absolute Gasteiger partial charge is 0.316 e. The molecule has 0 amide bonds. The van der Waals surface area contributed by atoms with E-state index in [2.05, 4.69) is 13.0 Å². The minimum atomic E-state index is -1.43. The Morgan fingerprint density at radius 1 is 1.19 bits per heavy atom. The zero-order valence-electron chi connectivity index (χ0n) is 25.3. The number of fused-ring (bicyclic) bond motifs is 5. The summed E-state index contributed by atoms with van der Waals surface area (Å²) in [7, 11) is 1.27. The molecule has 3 saturated carbocycles. The van der Waals surface area contributed by atoms with Crippen molar-refractivity contribution in [1.29, 1.82) is 5.41 Å². The molecule has 4 N–H and O–H groups in total. The Morgan fingerprint density at radius 3 is 2.56 bits per heavy atom. The van der Waals surface area contributed by atoms with Crippen LogP contribution < -0.4 is 5.32 Å². The van der Waals surface area contributed by atoms with E-state index in [1.54, 1.807) is 19.1 Å². The molecule has 3 fully saturated rings. The van der Waals surface area contributed by atoms with Crippen LogP contribution >= 0.6 is 11.8 Å². The standard InChI is InChI=1S/C33H41FN2O6S/c1-5-27(38)42-33(30(40)43-18-28(39)41-4)13-12-24-23-11-6-20-14-25(36-22-9-7-21(34)8-10-22)19(17-35)15-31(20,2)29(23)26(37)16-32(24,33)3/h7-10,14,17,23-24,26,29,35-37H,5-6,11-13,15-16,18H2,1-4H3/p+1/t23-,24?,26-,29?,31-,32-,33-/m0/s1. The molecule has 0 saturated heterocycles. The number of allylic oxidation sites excluding steroid dienone is 3. The topological polar surface area (TPSA) is 130 Å². The first-order valence-electron chi connectivity index (χ1n) is 15.1. The molecule has 1 aromatic carbocycles. The minimum Gasteiger partial charge on any atom is -0.468 e. The summed E-state index contributed by atoms with van der Waals surface area (Å²) < 4.78 is 24.3. The molecule has 1 aromatic rings. The molecular formula is C33H42FN2O6S+. The molecule has 0 radical (unpaired) electrons. The minimum absolute atomic E-state index is 0.0335. The van der Waals surface area contributed by atoms with Gasteiger partial charge in [0.1, 0.15) is 17.2 Å². The third-order valence-corrected chi connectivity index (χ3v) is 11.8. The Balaban J connectivity index is 1.46. The molecule has 4 aliphatic carbocycles. The number of aliphatic hydroxyl groups excluding tert-OH is 1. The lowest BCUT2D eigenvalue weighted by Gasteiger charge is -2.60. The maximum atomic E-state index is 13.9. The number of halogens is 1. The van der Waals surface area contributed by atoms with E-state index in [1.165, 1.54) is 31.0 Å². The van der Waals surface area contributed by atoms with Gasteiger partial charge in [-0.25, -0.2) is 4.39 Å². The van der Waals surface area contributed by atoms with E-state index in [4.69, 9.17) is 14.9 Å². The number of carbonyl (C=O) groups is 3. The third-order valence-electron chi connectivity index (χ3n) is 10.9. The van der Waals surface area contributed by atoms with Gasteiger partial charge in [-0.15, -0.1) is 0 Å². The van der Waals surface area contributed by atoms with Gasteiger partial charge in [0.2, 0.25) is 5.12 Å². The number of thioether (sulfide) groups is 1. The van der Waals surface area contributed by atoms with Crippen molar-refractivity contribution in [3.63, 3.8) is 0 Å². The highest BCUT2D eigenvalue weighted by Crippen LogP contribution is 2.69. The molecule has 4 aliphatic rings. The summed E-state index contributed by atoms with van der Waals surface area (Å²) in [4.78, 5) is 38.5. The van der Waals surface area contributed by atoms with Gasteiger partial charge in [0.05, 0.1) is 19.0 Å². The normalized spacial score (nSPS) is 34.8. The number of esters is 2. The second-order valence-electron chi connectivity index (χ2n) is 13.0. The average molecular weight is 614 g/mol. The zero-order valence-corrected chi connectivity index (χ0v) is 26.1. The number of carbonyl (C=O) groups excluding carboxylic acids is 3. The van der Waals surface area contributed by atoms with E-state index in [9.17, 15) is 23.9 Å². The van der Waals surface area contributed by atoms with Crippen LogP contribution in [0.15, 0.2) is 47.2 Å². The summed E-state index contributed by atoms with van der Waals surface area (Å²) in [5.41, 5.74) is 1.28. The van der Waals surface area contributed by atoms with Gasteiger partial charge in [-0.3, -0.25) is 19.7 Å². The number of aliphatic hydroxyl groups is 1. The number of nitrogens with two attached hydrogens (primary N) is 1. The van der Waals surface area contributed by atoms with Gasteiger partial charge in [-0.05, 0) is 79.9 Å². The SMILES string of the molecule is CCC(=O)O[C@]1(C(=O)SCC(=O)OC)CCC2[C@@H]3CCC4=CC([NH2+]c5ccc(F)cc5)=C(C=N)C[C@]4(C)C3[C@@H](O)C[C@@]21C. The van der Waals surface area contributed by atoms with Gasteiger partial charge in [-0.1, -0.05) is 38.1 Å². The van der Waals surface area contributed by atoms with E-state index < -0.39 is 29.1 Å². The lowest BCUT2D eigenvalue weighted by Crippen LogP contribution is -2.76. The average Bonchev–Trinajstić information content (AvgIpc) is 3.28. The molecule has 7 atom stereocenters. The monoisotopic (exact) mass is 613 g/mol. The Labute approximate surface area is 256 Å². The van der Waals surface area contributed by atoms with E-state index in [-0.39, 0.29) is 46.3 Å². The number of ether oxygens (including phenoxy) is 2. The highest BCUT2D eigenvalue weighted by Gasteiger charge is 2.70. The molecule has 0 bridgehead atoms. The van der Waals surface area contributed by atoms with Crippen LogP contribution in [0.3, 0.4) is 0 Å². The van der Waals surface area contributed by atoms with Crippen molar-refractivity contribution in [2.45, 2.75) is 77.4 Å². The molecule has 5 rings (SSSR count). The van der Waals surface area contributed by atoms with Crippen LogP contribution in [0.1, 0.15) is 65.7 Å². The summed E-state index contributed by atoms with van der Waals surface area (Å²) in [6.45, 7) is 5.87. The molecule has 232 valence electrons. The second-order valence-corrected chi connectivity index (χ2v) is 13.9. The number of nitrogens with one attached hydrogen (secondary N) is 1. The van der Waals surface area contributed by atoms with Crippen molar-refractivity contribution < 1.29 is 38.7 Å². The molecule has 43 heavy (non-hydrogen) atoms. The first-order valence-corrected chi connectivity index (χ1v) is 16.1. The molecular weight excluding hydrogens is 571 g/mol. The molecule has 0 aromatic heterocycles. The van der Waals surface area contributed by atoms with Gasteiger partial charge in [0, 0.05) is 35.8 Å². The Hall–Kier alpha value is -2.82. The first kappa shape index (κ1) is 31.6. The van der Waals surface area contributed by atoms with Crippen molar-refractivity contribution in [3.05, 3.63) is 53.0 Å². The summed E-state index contributed by atoms with van der Waals surface area (Å²) in [5, 5.41) is 21.9. The number of hydrogen-bond donors (Lipinski definition) is 3. The Morgan fingerprint density at radius 2 is 1.91 bits per heavy atom. The number of hydrogen-bond acceptors (Lipinski definition) is 8. The largest absolute Gasteiger partial charge is 0.468 e. The Kier molecular flexibility index (Phi) is 8.77. The van der Waals surface area contributed by atoms with E-state index in [0.29, 0.717) is 25.7 Å². The molecule has 0 spiro atoms. The third kappa shape index (κ3) is 5.29. The first-order chi connectivity index (χ1) is 20.4. The van der Waals surface area contributed by atoms with E-state index >= 15 is 0 Å². The number of benzene rings is 1. The number of quaternary nitrogens is 1. The summed E-state index contributed by atoms with van der Waals surface area (Å²) in [6, 6.07) is 6.30. The van der Waals surface area contributed by atoms with Crippen LogP contribution in [0.25, 0.3) is 0 Å². The predicted octanol–water partition coefficient (Wildman–Crippen LogP) is 4.59. The molecule has 8 nitrogen and oxygen atoms in total. The summed E-state index contributed by atoms with van der Waals surface area (Å²) >= 11 is 0.828. The van der Waals surface area contributed by atoms with Crippen molar-refractivity contribution in [1.82, 2.24) is 0 Å².